The van der Waals surface area contributed by atoms with Crippen LogP contribution in [-0.2, 0) is 35.0 Å². The molecule has 0 spiro atoms. The van der Waals surface area contributed by atoms with Crippen LogP contribution >= 0.6 is 0 Å². The molecular formula is C19H26N6O4S. The number of carbonyl (C=O) groups is 1. The zero-order valence-corrected chi connectivity index (χ0v) is 18.7. The average Bonchev–Trinajstić information content (AvgIpc) is 3.32. The molecule has 3 aromatic rings. The van der Waals surface area contributed by atoms with Gasteiger partial charge in [-0.1, -0.05) is 0 Å². The summed E-state index contributed by atoms with van der Waals surface area (Å²) in [4.78, 5) is 12.7. The van der Waals surface area contributed by atoms with Crippen molar-refractivity contribution in [1.29, 1.82) is 0 Å². The predicted octanol–water partition coefficient (Wildman–Crippen LogP) is 1.90. The summed E-state index contributed by atoms with van der Waals surface area (Å²) < 4.78 is 35.7. The lowest BCUT2D eigenvalue weighted by atomic mass is 10.3. The molecule has 1 amide bonds. The number of aromatic nitrogens is 4. The monoisotopic (exact) mass is 434 g/mol. The van der Waals surface area contributed by atoms with Crippen molar-refractivity contribution >= 4 is 21.6 Å². The third-order valence-electron chi connectivity index (χ3n) is 5.01. The highest BCUT2D eigenvalue weighted by atomic mass is 32.2. The van der Waals surface area contributed by atoms with Crippen LogP contribution in [-0.4, -0.2) is 45.2 Å². The van der Waals surface area contributed by atoms with Gasteiger partial charge in [-0.25, -0.2) is 8.42 Å². The maximum absolute atomic E-state index is 13.1. The van der Waals surface area contributed by atoms with Crippen LogP contribution in [0.4, 0.5) is 5.69 Å². The molecule has 3 heterocycles. The zero-order valence-electron chi connectivity index (χ0n) is 17.9. The zero-order chi connectivity index (χ0) is 22.2. The molecule has 0 aliphatic rings. The Hall–Kier alpha value is -2.92. The molecule has 30 heavy (non-hydrogen) atoms. The summed E-state index contributed by atoms with van der Waals surface area (Å²) in [5, 5.41) is 11.4. The smallest absolute Gasteiger partial charge is 0.246 e. The van der Waals surface area contributed by atoms with E-state index in [1.54, 1.807) is 37.7 Å². The lowest BCUT2D eigenvalue weighted by Crippen LogP contribution is -2.27. The number of rotatable bonds is 7. The summed E-state index contributed by atoms with van der Waals surface area (Å²) in [6.07, 6.45) is 1.49. The standard InChI is InChI=1S/C19H26N6O4S/c1-12-18(14(3)24(6)21-12)20-17(26)11-25-15(4)19(13(2)22-25)30(27,28)23(5)10-16-8-7-9-29-16/h7-9H,10-11H2,1-6H3,(H,20,26). The quantitative estimate of drug-likeness (QED) is 0.607. The van der Waals surface area contributed by atoms with E-state index in [1.807, 2.05) is 13.8 Å². The van der Waals surface area contributed by atoms with Gasteiger partial charge in [-0.2, -0.15) is 14.5 Å². The molecule has 0 unspecified atom stereocenters. The van der Waals surface area contributed by atoms with Crippen LogP contribution in [0.5, 0.6) is 0 Å². The van der Waals surface area contributed by atoms with Crippen molar-refractivity contribution in [2.75, 3.05) is 12.4 Å². The van der Waals surface area contributed by atoms with E-state index in [0.29, 0.717) is 28.5 Å². The van der Waals surface area contributed by atoms with Gasteiger partial charge >= 0.3 is 0 Å². The van der Waals surface area contributed by atoms with Gasteiger partial charge in [0.25, 0.3) is 0 Å². The fourth-order valence-electron chi connectivity index (χ4n) is 3.34. The largest absolute Gasteiger partial charge is 0.468 e. The van der Waals surface area contributed by atoms with E-state index >= 15 is 0 Å². The summed E-state index contributed by atoms with van der Waals surface area (Å²) in [5.74, 6) is 0.220. The number of nitrogens with one attached hydrogen (secondary N) is 1. The van der Waals surface area contributed by atoms with Gasteiger partial charge < -0.3 is 9.73 Å². The predicted molar refractivity (Wildman–Crippen MR) is 110 cm³/mol. The highest BCUT2D eigenvalue weighted by Gasteiger charge is 2.29. The number of furan rings is 1. The Balaban J connectivity index is 1.82. The molecule has 0 bridgehead atoms. The van der Waals surface area contributed by atoms with Crippen molar-refractivity contribution in [1.82, 2.24) is 23.9 Å². The Morgan fingerprint density at radius 2 is 1.87 bits per heavy atom. The Morgan fingerprint density at radius 1 is 1.17 bits per heavy atom. The number of hydrogen-bond acceptors (Lipinski definition) is 6. The molecular weight excluding hydrogens is 408 g/mol. The molecule has 0 saturated heterocycles. The van der Waals surface area contributed by atoms with E-state index in [1.165, 1.54) is 22.3 Å². The average molecular weight is 435 g/mol. The van der Waals surface area contributed by atoms with Crippen LogP contribution in [0.3, 0.4) is 0 Å². The van der Waals surface area contributed by atoms with E-state index < -0.39 is 10.0 Å². The molecule has 162 valence electrons. The summed E-state index contributed by atoms with van der Waals surface area (Å²) in [5.41, 5.74) is 2.92. The fraction of sp³-hybridized carbons (Fsp3) is 0.421. The molecule has 1 N–H and O–H groups in total. The van der Waals surface area contributed by atoms with Crippen LogP contribution in [0.25, 0.3) is 0 Å². The van der Waals surface area contributed by atoms with Crippen molar-refractivity contribution in [2.45, 2.75) is 45.7 Å². The van der Waals surface area contributed by atoms with Gasteiger partial charge in [0.15, 0.2) is 0 Å². The third-order valence-corrected chi connectivity index (χ3v) is 7.07. The second-order valence-electron chi connectivity index (χ2n) is 7.22. The molecule has 0 aliphatic carbocycles. The first-order chi connectivity index (χ1) is 14.0. The number of carbonyl (C=O) groups excluding carboxylic acids is 1. The van der Waals surface area contributed by atoms with Gasteiger partial charge in [-0.3, -0.25) is 14.2 Å². The summed E-state index contributed by atoms with van der Waals surface area (Å²) in [6, 6.07) is 3.41. The van der Waals surface area contributed by atoms with Gasteiger partial charge in [-0.05, 0) is 39.8 Å². The molecule has 0 atom stereocenters. The minimum Gasteiger partial charge on any atom is -0.468 e. The normalized spacial score (nSPS) is 12.0. The lowest BCUT2D eigenvalue weighted by Gasteiger charge is -2.16. The first-order valence-corrected chi connectivity index (χ1v) is 10.8. The van der Waals surface area contributed by atoms with Crippen molar-refractivity contribution in [2.24, 2.45) is 7.05 Å². The SMILES string of the molecule is Cc1nn(C)c(C)c1NC(=O)Cn1nc(C)c(S(=O)(=O)N(C)Cc2ccco2)c1C. The van der Waals surface area contributed by atoms with Crippen LogP contribution in [0.1, 0.15) is 28.5 Å². The van der Waals surface area contributed by atoms with Gasteiger partial charge in [-0.15, -0.1) is 0 Å². The molecule has 0 aliphatic heterocycles. The molecule has 0 saturated carbocycles. The number of amides is 1. The van der Waals surface area contributed by atoms with Crippen molar-refractivity contribution in [3.05, 3.63) is 46.9 Å². The molecule has 3 rings (SSSR count). The molecule has 0 aromatic carbocycles. The Bertz CT molecular complexity index is 1170. The van der Waals surface area contributed by atoms with Gasteiger partial charge in [0.05, 0.1) is 41.3 Å². The topological polar surface area (TPSA) is 115 Å². The van der Waals surface area contributed by atoms with E-state index in [9.17, 15) is 13.2 Å². The van der Waals surface area contributed by atoms with Crippen molar-refractivity contribution in [3.8, 4) is 0 Å². The second kappa shape index (κ2) is 8.07. The van der Waals surface area contributed by atoms with Gasteiger partial charge in [0, 0.05) is 14.1 Å². The van der Waals surface area contributed by atoms with Crippen molar-refractivity contribution < 1.29 is 17.6 Å². The number of hydrogen-bond donors (Lipinski definition) is 1. The summed E-state index contributed by atoms with van der Waals surface area (Å²) in [7, 11) is -0.534. The molecule has 0 fully saturated rings. The van der Waals surface area contributed by atoms with Gasteiger partial charge in [0.1, 0.15) is 17.2 Å². The minimum absolute atomic E-state index is 0.0955. The summed E-state index contributed by atoms with van der Waals surface area (Å²) in [6.45, 7) is 6.91. The van der Waals surface area contributed by atoms with Crippen LogP contribution < -0.4 is 5.32 Å². The summed E-state index contributed by atoms with van der Waals surface area (Å²) >= 11 is 0. The minimum atomic E-state index is -3.82. The number of aryl methyl sites for hydroxylation is 3. The Labute approximate surface area is 175 Å². The molecule has 3 aromatic heterocycles. The highest BCUT2D eigenvalue weighted by molar-refractivity contribution is 7.89. The number of sulfonamides is 1. The maximum atomic E-state index is 13.1. The molecule has 0 radical (unpaired) electrons. The van der Waals surface area contributed by atoms with E-state index in [-0.39, 0.29) is 23.9 Å². The number of anilines is 1. The molecule has 11 heteroatoms. The first kappa shape index (κ1) is 21.8. The highest BCUT2D eigenvalue weighted by Crippen LogP contribution is 2.24. The third kappa shape index (κ3) is 4.03. The van der Waals surface area contributed by atoms with Crippen LogP contribution in [0, 0.1) is 27.7 Å². The maximum Gasteiger partial charge on any atom is 0.246 e. The van der Waals surface area contributed by atoms with E-state index in [2.05, 4.69) is 15.5 Å². The van der Waals surface area contributed by atoms with E-state index in [4.69, 9.17) is 4.42 Å². The van der Waals surface area contributed by atoms with Gasteiger partial charge in [0.2, 0.25) is 15.9 Å². The van der Waals surface area contributed by atoms with E-state index in [0.717, 1.165) is 5.69 Å². The molecule has 10 nitrogen and oxygen atoms in total. The van der Waals surface area contributed by atoms with Crippen LogP contribution in [0.15, 0.2) is 27.7 Å². The Morgan fingerprint density at radius 3 is 2.43 bits per heavy atom. The lowest BCUT2D eigenvalue weighted by molar-refractivity contribution is -0.117. The first-order valence-electron chi connectivity index (χ1n) is 9.35. The van der Waals surface area contributed by atoms with Crippen LogP contribution in [0.2, 0.25) is 0 Å². The second-order valence-corrected chi connectivity index (χ2v) is 9.20. The number of nitrogens with zero attached hydrogens (tertiary/aromatic N) is 5. The Kier molecular flexibility index (Phi) is 5.86. The fourth-order valence-corrected chi connectivity index (χ4v) is 4.84. The van der Waals surface area contributed by atoms with Crippen molar-refractivity contribution in [3.63, 3.8) is 0 Å².